The van der Waals surface area contributed by atoms with Crippen molar-refractivity contribution in [2.75, 3.05) is 39.9 Å². The molecule has 2 aliphatic rings. The van der Waals surface area contributed by atoms with Gasteiger partial charge in [0.15, 0.2) is 0 Å². The molecular formula is C19H29N3O3. The van der Waals surface area contributed by atoms with Gasteiger partial charge in [-0.2, -0.15) is 0 Å². The summed E-state index contributed by atoms with van der Waals surface area (Å²) >= 11 is 0. The molecule has 0 aliphatic carbocycles. The van der Waals surface area contributed by atoms with E-state index in [1.54, 1.807) is 7.11 Å². The van der Waals surface area contributed by atoms with Gasteiger partial charge >= 0.3 is 0 Å². The second-order valence-electron chi connectivity index (χ2n) is 7.54. The van der Waals surface area contributed by atoms with Crippen molar-refractivity contribution in [3.05, 3.63) is 24.0 Å². The van der Waals surface area contributed by atoms with E-state index in [4.69, 9.17) is 4.74 Å². The first-order valence-electron chi connectivity index (χ1n) is 9.23. The fourth-order valence-electron chi connectivity index (χ4n) is 4.18. The molecule has 0 radical (unpaired) electrons. The van der Waals surface area contributed by atoms with Gasteiger partial charge in [-0.05, 0) is 45.2 Å². The van der Waals surface area contributed by atoms with E-state index in [1.807, 2.05) is 32.7 Å². The molecule has 0 bridgehead atoms. The highest BCUT2D eigenvalue weighted by Gasteiger charge is 2.49. The summed E-state index contributed by atoms with van der Waals surface area (Å²) in [6.45, 7) is 7.34. The summed E-state index contributed by atoms with van der Waals surface area (Å²) in [6, 6.07) is 4.03. The fourth-order valence-corrected chi connectivity index (χ4v) is 4.18. The van der Waals surface area contributed by atoms with Gasteiger partial charge in [0, 0.05) is 45.5 Å². The SMILES string of the molecule is COCCN1CCCC2(CCN(C(=O)c3cccn3C(C)C)C2)C1=O. The van der Waals surface area contributed by atoms with Crippen LogP contribution in [0, 0.1) is 5.41 Å². The first-order valence-corrected chi connectivity index (χ1v) is 9.23. The van der Waals surface area contributed by atoms with Crippen LogP contribution in [0.15, 0.2) is 18.3 Å². The quantitative estimate of drug-likeness (QED) is 0.820. The van der Waals surface area contributed by atoms with Crippen molar-refractivity contribution in [3.8, 4) is 0 Å². The van der Waals surface area contributed by atoms with Crippen molar-refractivity contribution in [2.45, 2.75) is 39.2 Å². The number of piperidine rings is 1. The molecule has 25 heavy (non-hydrogen) atoms. The van der Waals surface area contributed by atoms with E-state index in [-0.39, 0.29) is 17.9 Å². The Bertz CT molecular complexity index is 640. The minimum Gasteiger partial charge on any atom is -0.383 e. The normalized spacial score (nSPS) is 23.9. The molecule has 1 aromatic heterocycles. The van der Waals surface area contributed by atoms with Crippen molar-refractivity contribution in [1.29, 1.82) is 0 Å². The van der Waals surface area contributed by atoms with Crippen LogP contribution >= 0.6 is 0 Å². The zero-order valence-corrected chi connectivity index (χ0v) is 15.5. The van der Waals surface area contributed by atoms with Crippen molar-refractivity contribution in [3.63, 3.8) is 0 Å². The summed E-state index contributed by atoms with van der Waals surface area (Å²) < 4.78 is 7.13. The number of likely N-dealkylation sites (tertiary alicyclic amines) is 2. The summed E-state index contributed by atoms with van der Waals surface area (Å²) in [5.74, 6) is 0.239. The second-order valence-corrected chi connectivity index (χ2v) is 7.54. The topological polar surface area (TPSA) is 54.8 Å². The highest BCUT2D eigenvalue weighted by molar-refractivity contribution is 5.94. The molecule has 2 amide bonds. The average molecular weight is 347 g/mol. The van der Waals surface area contributed by atoms with Crippen LogP contribution in [0.4, 0.5) is 0 Å². The molecule has 138 valence electrons. The third kappa shape index (κ3) is 3.32. The number of methoxy groups -OCH3 is 1. The summed E-state index contributed by atoms with van der Waals surface area (Å²) in [5.41, 5.74) is 0.322. The Morgan fingerprint density at radius 3 is 2.84 bits per heavy atom. The summed E-state index contributed by atoms with van der Waals surface area (Å²) in [5, 5.41) is 0. The van der Waals surface area contributed by atoms with Crippen molar-refractivity contribution >= 4 is 11.8 Å². The molecule has 6 nitrogen and oxygen atoms in total. The molecular weight excluding hydrogens is 318 g/mol. The third-order valence-corrected chi connectivity index (χ3v) is 5.58. The van der Waals surface area contributed by atoms with Gasteiger partial charge in [0.05, 0.1) is 12.0 Å². The number of amides is 2. The van der Waals surface area contributed by atoms with Crippen LogP contribution < -0.4 is 0 Å². The van der Waals surface area contributed by atoms with Gasteiger partial charge < -0.3 is 19.1 Å². The van der Waals surface area contributed by atoms with Crippen LogP contribution in [-0.4, -0.2) is 66.1 Å². The lowest BCUT2D eigenvalue weighted by Crippen LogP contribution is -2.51. The number of carbonyl (C=O) groups excluding carboxylic acids is 2. The number of carbonyl (C=O) groups is 2. The summed E-state index contributed by atoms with van der Waals surface area (Å²) in [4.78, 5) is 29.8. The van der Waals surface area contributed by atoms with Gasteiger partial charge in [0.25, 0.3) is 5.91 Å². The Morgan fingerprint density at radius 2 is 2.12 bits per heavy atom. The number of hydrogen-bond donors (Lipinski definition) is 0. The maximum atomic E-state index is 13.0. The van der Waals surface area contributed by atoms with Crippen LogP contribution in [-0.2, 0) is 9.53 Å². The van der Waals surface area contributed by atoms with E-state index in [1.165, 1.54) is 0 Å². The van der Waals surface area contributed by atoms with E-state index in [0.717, 1.165) is 25.8 Å². The molecule has 1 atom stereocenters. The third-order valence-electron chi connectivity index (χ3n) is 5.58. The maximum absolute atomic E-state index is 13.0. The minimum absolute atomic E-state index is 0.0392. The van der Waals surface area contributed by atoms with Crippen molar-refractivity contribution in [1.82, 2.24) is 14.4 Å². The Hall–Kier alpha value is -1.82. The molecule has 6 heteroatoms. The lowest BCUT2D eigenvalue weighted by atomic mass is 9.78. The highest BCUT2D eigenvalue weighted by Crippen LogP contribution is 2.40. The van der Waals surface area contributed by atoms with Crippen LogP contribution in [0.2, 0.25) is 0 Å². The van der Waals surface area contributed by atoms with Crippen LogP contribution in [0.5, 0.6) is 0 Å². The fraction of sp³-hybridized carbons (Fsp3) is 0.684. The molecule has 1 unspecified atom stereocenters. The van der Waals surface area contributed by atoms with Gasteiger partial charge in [-0.3, -0.25) is 9.59 Å². The largest absolute Gasteiger partial charge is 0.383 e. The lowest BCUT2D eigenvalue weighted by Gasteiger charge is -2.39. The number of ether oxygens (including phenoxy) is 1. The number of hydrogen-bond acceptors (Lipinski definition) is 3. The predicted octanol–water partition coefficient (Wildman–Crippen LogP) is 2.17. The molecule has 3 heterocycles. The Labute approximate surface area is 149 Å². The standard InChI is InChI=1S/C19H29N3O3/c1-15(2)22-10-4-6-16(22)17(23)21-11-8-19(14-21)7-5-9-20(18(19)24)12-13-25-3/h4,6,10,15H,5,7-9,11-14H2,1-3H3. The van der Waals surface area contributed by atoms with E-state index in [0.29, 0.717) is 31.9 Å². The molecule has 2 fully saturated rings. The zero-order chi connectivity index (χ0) is 18.0. The Kier molecular flexibility index (Phi) is 5.18. The van der Waals surface area contributed by atoms with Gasteiger partial charge in [0.1, 0.15) is 5.69 Å². The molecule has 3 rings (SSSR count). The Morgan fingerprint density at radius 1 is 1.32 bits per heavy atom. The van der Waals surface area contributed by atoms with E-state index in [9.17, 15) is 9.59 Å². The van der Waals surface area contributed by atoms with Crippen molar-refractivity contribution < 1.29 is 14.3 Å². The molecule has 2 saturated heterocycles. The molecule has 0 N–H and O–H groups in total. The van der Waals surface area contributed by atoms with Gasteiger partial charge in [-0.25, -0.2) is 0 Å². The smallest absolute Gasteiger partial charge is 0.270 e. The van der Waals surface area contributed by atoms with Gasteiger partial charge in [-0.15, -0.1) is 0 Å². The zero-order valence-electron chi connectivity index (χ0n) is 15.5. The maximum Gasteiger partial charge on any atom is 0.270 e. The molecule has 2 aliphatic heterocycles. The molecule has 1 aromatic rings. The van der Waals surface area contributed by atoms with E-state index >= 15 is 0 Å². The molecule has 0 aromatic carbocycles. The number of rotatable bonds is 5. The van der Waals surface area contributed by atoms with Crippen LogP contribution in [0.1, 0.15) is 49.6 Å². The lowest BCUT2D eigenvalue weighted by molar-refractivity contribution is -0.146. The van der Waals surface area contributed by atoms with Gasteiger partial charge in [0.2, 0.25) is 5.91 Å². The highest BCUT2D eigenvalue weighted by atomic mass is 16.5. The second kappa shape index (κ2) is 7.20. The Balaban J connectivity index is 1.73. The van der Waals surface area contributed by atoms with Gasteiger partial charge in [-0.1, -0.05) is 0 Å². The van der Waals surface area contributed by atoms with E-state index < -0.39 is 5.41 Å². The number of nitrogens with zero attached hydrogens (tertiary/aromatic N) is 3. The first kappa shape index (κ1) is 18.0. The number of aromatic nitrogens is 1. The summed E-state index contributed by atoms with van der Waals surface area (Å²) in [7, 11) is 1.66. The molecule has 1 spiro atoms. The van der Waals surface area contributed by atoms with E-state index in [2.05, 4.69) is 13.8 Å². The average Bonchev–Trinajstić information content (AvgIpc) is 3.24. The summed E-state index contributed by atoms with van der Waals surface area (Å²) in [6.07, 6.45) is 4.59. The predicted molar refractivity (Wildman–Crippen MR) is 95.5 cm³/mol. The minimum atomic E-state index is -0.392. The molecule has 0 saturated carbocycles. The first-order chi connectivity index (χ1) is 12.0. The monoisotopic (exact) mass is 347 g/mol. The van der Waals surface area contributed by atoms with Crippen molar-refractivity contribution in [2.24, 2.45) is 5.41 Å². The van der Waals surface area contributed by atoms with Crippen LogP contribution in [0.3, 0.4) is 0 Å². The van der Waals surface area contributed by atoms with Crippen LogP contribution in [0.25, 0.3) is 0 Å².